The summed E-state index contributed by atoms with van der Waals surface area (Å²) in [5, 5.41) is 7.09. The first-order valence-electron chi connectivity index (χ1n) is 9.76. The number of hydrogen-bond donors (Lipinski definition) is 1. The zero-order valence-electron chi connectivity index (χ0n) is 15.4. The molecular formula is C22H22N4O. The summed E-state index contributed by atoms with van der Waals surface area (Å²) in [6.45, 7) is 2.04. The Hall–Kier alpha value is -2.95. The second kappa shape index (κ2) is 6.34. The van der Waals surface area contributed by atoms with Gasteiger partial charge in [0, 0.05) is 11.5 Å². The maximum Gasteiger partial charge on any atom is 0.277 e. The summed E-state index contributed by atoms with van der Waals surface area (Å²) >= 11 is 0. The summed E-state index contributed by atoms with van der Waals surface area (Å²) in [6, 6.07) is 14.3. The summed E-state index contributed by atoms with van der Waals surface area (Å²) < 4.78 is 1.82. The van der Waals surface area contributed by atoms with E-state index in [0.717, 1.165) is 47.1 Å². The van der Waals surface area contributed by atoms with Crippen LogP contribution in [0.4, 0.5) is 0 Å². The van der Waals surface area contributed by atoms with Gasteiger partial charge < -0.3 is 4.98 Å². The van der Waals surface area contributed by atoms with Crippen molar-refractivity contribution in [2.24, 2.45) is 0 Å². The smallest absolute Gasteiger partial charge is 0.277 e. The van der Waals surface area contributed by atoms with Crippen molar-refractivity contribution in [2.75, 3.05) is 0 Å². The number of hydrogen-bond acceptors (Lipinski definition) is 3. The van der Waals surface area contributed by atoms with E-state index < -0.39 is 0 Å². The van der Waals surface area contributed by atoms with Crippen molar-refractivity contribution in [3.63, 3.8) is 0 Å². The van der Waals surface area contributed by atoms with Crippen LogP contribution in [0, 0.1) is 0 Å². The highest BCUT2D eigenvalue weighted by Gasteiger charge is 2.25. The van der Waals surface area contributed by atoms with Gasteiger partial charge in [-0.05, 0) is 30.0 Å². The van der Waals surface area contributed by atoms with E-state index in [0.29, 0.717) is 17.3 Å². The predicted octanol–water partition coefficient (Wildman–Crippen LogP) is 4.46. The summed E-state index contributed by atoms with van der Waals surface area (Å²) in [5.74, 6) is 1.95. The fraction of sp³-hybridized carbons (Fsp3) is 0.318. The van der Waals surface area contributed by atoms with Crippen LogP contribution < -0.4 is 5.56 Å². The summed E-state index contributed by atoms with van der Waals surface area (Å²) in [4.78, 5) is 20.8. The number of fused-ring (bicyclic) bond motifs is 2. The number of aromatic amines is 1. The molecule has 1 aliphatic rings. The average Bonchev–Trinajstić information content (AvgIpc) is 3.35. The maximum absolute atomic E-state index is 13.0. The van der Waals surface area contributed by atoms with E-state index in [1.54, 1.807) is 0 Å². The Morgan fingerprint density at radius 1 is 1.11 bits per heavy atom. The largest absolute Gasteiger partial charge is 0.303 e. The highest BCUT2D eigenvalue weighted by Crippen LogP contribution is 2.34. The van der Waals surface area contributed by atoms with Gasteiger partial charge in [0.05, 0.1) is 5.69 Å². The van der Waals surface area contributed by atoms with Gasteiger partial charge in [-0.1, -0.05) is 62.2 Å². The molecule has 27 heavy (non-hydrogen) atoms. The Morgan fingerprint density at radius 3 is 2.70 bits per heavy atom. The van der Waals surface area contributed by atoms with Crippen LogP contribution in [0.3, 0.4) is 0 Å². The first kappa shape index (κ1) is 16.2. The molecule has 5 heteroatoms. The predicted molar refractivity (Wildman–Crippen MR) is 107 cm³/mol. The van der Waals surface area contributed by atoms with Gasteiger partial charge in [0.2, 0.25) is 0 Å². The standard InChI is InChI=1S/C22H22N4O/c1-2-18-19-22(27)24-20(17-13-7-11-14-8-5-6-12-16(14)17)25-26(19)21(23-18)15-9-3-4-10-15/h5-8,11-13,15H,2-4,9-10H2,1H3,(H,24,25,27). The number of aryl methyl sites for hydroxylation is 1. The number of nitrogens with one attached hydrogen (secondary N) is 1. The molecule has 0 bridgehead atoms. The average molecular weight is 358 g/mol. The van der Waals surface area contributed by atoms with Crippen molar-refractivity contribution in [1.82, 2.24) is 19.6 Å². The van der Waals surface area contributed by atoms with Crippen molar-refractivity contribution in [2.45, 2.75) is 44.9 Å². The van der Waals surface area contributed by atoms with Crippen LogP contribution in [0.25, 0.3) is 27.7 Å². The molecule has 5 nitrogen and oxygen atoms in total. The van der Waals surface area contributed by atoms with Crippen molar-refractivity contribution >= 4 is 16.3 Å². The van der Waals surface area contributed by atoms with Crippen molar-refractivity contribution in [3.05, 3.63) is 64.3 Å². The number of rotatable bonds is 3. The molecule has 4 aromatic rings. The number of imidazole rings is 1. The van der Waals surface area contributed by atoms with Crippen LogP contribution in [0.15, 0.2) is 47.3 Å². The molecule has 1 fully saturated rings. The minimum absolute atomic E-state index is 0.110. The molecule has 0 aliphatic heterocycles. The summed E-state index contributed by atoms with van der Waals surface area (Å²) in [6.07, 6.45) is 5.43. The Kier molecular flexibility index (Phi) is 3.81. The van der Waals surface area contributed by atoms with Crippen LogP contribution in [0.1, 0.15) is 50.0 Å². The molecule has 0 unspecified atom stereocenters. The van der Waals surface area contributed by atoms with Crippen molar-refractivity contribution in [1.29, 1.82) is 0 Å². The van der Waals surface area contributed by atoms with Gasteiger partial charge in [-0.2, -0.15) is 0 Å². The Labute approximate surface area is 157 Å². The lowest BCUT2D eigenvalue weighted by atomic mass is 10.0. The van der Waals surface area contributed by atoms with E-state index in [2.05, 4.69) is 23.2 Å². The molecule has 1 N–H and O–H groups in total. The van der Waals surface area contributed by atoms with Gasteiger partial charge >= 0.3 is 0 Å². The van der Waals surface area contributed by atoms with Gasteiger partial charge in [0.25, 0.3) is 5.56 Å². The van der Waals surface area contributed by atoms with E-state index in [-0.39, 0.29) is 5.56 Å². The summed E-state index contributed by atoms with van der Waals surface area (Å²) in [7, 11) is 0. The zero-order chi connectivity index (χ0) is 18.4. The lowest BCUT2D eigenvalue weighted by Gasteiger charge is -2.09. The third-order valence-corrected chi connectivity index (χ3v) is 5.70. The molecular weight excluding hydrogens is 336 g/mol. The fourth-order valence-electron chi connectivity index (χ4n) is 4.34. The molecule has 0 atom stereocenters. The number of benzene rings is 2. The number of aromatic nitrogens is 4. The maximum atomic E-state index is 13.0. The highest BCUT2D eigenvalue weighted by molar-refractivity contribution is 5.94. The third-order valence-electron chi connectivity index (χ3n) is 5.70. The minimum atomic E-state index is -0.110. The van der Waals surface area contributed by atoms with E-state index in [4.69, 9.17) is 10.1 Å². The topological polar surface area (TPSA) is 63.1 Å². The normalized spacial score (nSPS) is 15.1. The van der Waals surface area contributed by atoms with Crippen LogP contribution >= 0.6 is 0 Å². The molecule has 2 heterocycles. The molecule has 2 aromatic heterocycles. The van der Waals surface area contributed by atoms with Crippen LogP contribution in [-0.2, 0) is 6.42 Å². The molecule has 0 amide bonds. The fourth-order valence-corrected chi connectivity index (χ4v) is 4.34. The zero-order valence-corrected chi connectivity index (χ0v) is 15.4. The second-order valence-corrected chi connectivity index (χ2v) is 7.34. The monoisotopic (exact) mass is 358 g/mol. The van der Waals surface area contributed by atoms with Crippen molar-refractivity contribution in [3.8, 4) is 11.4 Å². The SMILES string of the molecule is CCc1nc(C2CCCC2)n2nc(-c3cccc4ccccc34)[nH]c(=O)c12. The van der Waals surface area contributed by atoms with Crippen LogP contribution in [0.5, 0.6) is 0 Å². The van der Waals surface area contributed by atoms with E-state index in [1.165, 1.54) is 12.8 Å². The quantitative estimate of drug-likeness (QED) is 0.588. The Balaban J connectivity index is 1.79. The third kappa shape index (κ3) is 2.57. The molecule has 0 radical (unpaired) electrons. The first-order chi connectivity index (χ1) is 13.3. The van der Waals surface area contributed by atoms with Gasteiger partial charge in [-0.25, -0.2) is 9.50 Å². The lowest BCUT2D eigenvalue weighted by Crippen LogP contribution is -2.16. The van der Waals surface area contributed by atoms with Gasteiger partial charge in [0.1, 0.15) is 5.82 Å². The van der Waals surface area contributed by atoms with E-state index >= 15 is 0 Å². The molecule has 2 aromatic carbocycles. The van der Waals surface area contributed by atoms with Crippen molar-refractivity contribution < 1.29 is 0 Å². The van der Waals surface area contributed by atoms with E-state index in [1.807, 2.05) is 35.7 Å². The second-order valence-electron chi connectivity index (χ2n) is 7.34. The van der Waals surface area contributed by atoms with E-state index in [9.17, 15) is 4.79 Å². The number of nitrogens with zero attached hydrogens (tertiary/aromatic N) is 3. The van der Waals surface area contributed by atoms with Gasteiger partial charge in [-0.15, -0.1) is 5.10 Å². The lowest BCUT2D eigenvalue weighted by molar-refractivity contribution is 0.639. The Bertz CT molecular complexity index is 1190. The minimum Gasteiger partial charge on any atom is -0.303 e. The molecule has 5 rings (SSSR count). The van der Waals surface area contributed by atoms with Crippen LogP contribution in [0.2, 0.25) is 0 Å². The first-order valence-corrected chi connectivity index (χ1v) is 9.76. The summed E-state index contributed by atoms with van der Waals surface area (Å²) in [5.41, 5.74) is 2.27. The molecule has 0 spiro atoms. The molecule has 0 saturated heterocycles. The Morgan fingerprint density at radius 2 is 1.89 bits per heavy atom. The molecule has 1 aliphatic carbocycles. The molecule has 136 valence electrons. The number of H-pyrrole nitrogens is 1. The highest BCUT2D eigenvalue weighted by atomic mass is 16.1. The van der Waals surface area contributed by atoms with Gasteiger partial charge in [0.15, 0.2) is 11.3 Å². The van der Waals surface area contributed by atoms with Gasteiger partial charge in [-0.3, -0.25) is 4.79 Å². The van der Waals surface area contributed by atoms with Crippen LogP contribution in [-0.4, -0.2) is 19.6 Å². The molecule has 1 saturated carbocycles.